The predicted octanol–water partition coefficient (Wildman–Crippen LogP) is 3.43. The minimum atomic E-state index is -0.323. The number of carbonyl (C=O) groups excluding carboxylic acids is 1. The largest absolute Gasteiger partial charge is 0.493 e. The lowest BCUT2D eigenvalue weighted by atomic mass is 9.99. The number of methoxy groups -OCH3 is 3. The fourth-order valence-electron chi connectivity index (χ4n) is 3.60. The van der Waals surface area contributed by atoms with Gasteiger partial charge in [-0.2, -0.15) is 0 Å². The molecule has 1 aromatic carbocycles. The maximum absolute atomic E-state index is 13.1. The molecule has 2 aromatic rings. The van der Waals surface area contributed by atoms with Crippen molar-refractivity contribution in [3.8, 4) is 17.2 Å². The molecule has 2 amide bonds. The van der Waals surface area contributed by atoms with E-state index < -0.39 is 0 Å². The van der Waals surface area contributed by atoms with Crippen molar-refractivity contribution in [3.05, 3.63) is 41.7 Å². The molecule has 1 unspecified atom stereocenters. The average Bonchev–Trinajstić information content (AvgIpc) is 3.13. The van der Waals surface area contributed by atoms with Crippen molar-refractivity contribution < 1.29 is 19.0 Å². The van der Waals surface area contributed by atoms with E-state index in [-0.39, 0.29) is 17.6 Å². The Labute approximate surface area is 166 Å². The summed E-state index contributed by atoms with van der Waals surface area (Å²) in [5.74, 6) is 1.67. The Morgan fingerprint density at radius 3 is 2.25 bits per heavy atom. The third kappa shape index (κ3) is 3.74. The minimum Gasteiger partial charge on any atom is -0.493 e. The Bertz CT molecular complexity index is 829. The van der Waals surface area contributed by atoms with E-state index in [0.717, 1.165) is 17.8 Å². The van der Waals surface area contributed by atoms with Crippen LogP contribution in [0.4, 0.5) is 4.79 Å². The molecule has 1 aliphatic rings. The summed E-state index contributed by atoms with van der Waals surface area (Å²) in [4.78, 5) is 14.9. The summed E-state index contributed by atoms with van der Waals surface area (Å²) in [6.45, 7) is 7.29. The highest BCUT2D eigenvalue weighted by Crippen LogP contribution is 2.43. The standard InChI is InChI=1S/C21H29N3O4/c1-21(2,3)22-20(25)24-11-10-23-9-7-8-15(23)18(24)14-12-16(26-4)19(28-6)17(13-14)27-5/h7-9,12-13,18H,10-11H2,1-6H3,(H,22,25). The van der Waals surface area contributed by atoms with Crippen LogP contribution in [0.15, 0.2) is 30.5 Å². The summed E-state index contributed by atoms with van der Waals surface area (Å²) in [7, 11) is 4.76. The van der Waals surface area contributed by atoms with Crippen LogP contribution >= 0.6 is 0 Å². The Kier molecular flexibility index (Phi) is 5.45. The lowest BCUT2D eigenvalue weighted by Crippen LogP contribution is -2.52. The van der Waals surface area contributed by atoms with Gasteiger partial charge in [0.1, 0.15) is 0 Å². The number of fused-ring (bicyclic) bond motifs is 1. The molecule has 1 N–H and O–H groups in total. The second kappa shape index (κ2) is 7.66. The normalized spacial score (nSPS) is 16.4. The summed E-state index contributed by atoms with van der Waals surface area (Å²) in [6, 6.07) is 7.51. The first-order valence-electron chi connectivity index (χ1n) is 9.32. The van der Waals surface area contributed by atoms with Gasteiger partial charge < -0.3 is 29.0 Å². The Hall–Kier alpha value is -2.83. The molecule has 1 atom stereocenters. The highest BCUT2D eigenvalue weighted by atomic mass is 16.5. The van der Waals surface area contributed by atoms with Gasteiger partial charge in [-0.3, -0.25) is 0 Å². The summed E-state index contributed by atoms with van der Waals surface area (Å²) >= 11 is 0. The molecule has 0 saturated carbocycles. The van der Waals surface area contributed by atoms with Crippen LogP contribution in [0.5, 0.6) is 17.2 Å². The minimum absolute atomic E-state index is 0.0984. The third-order valence-electron chi connectivity index (χ3n) is 4.78. The van der Waals surface area contributed by atoms with Crippen LogP contribution in [0.1, 0.15) is 38.1 Å². The highest BCUT2D eigenvalue weighted by molar-refractivity contribution is 5.76. The van der Waals surface area contributed by atoms with E-state index >= 15 is 0 Å². The van der Waals surface area contributed by atoms with E-state index in [1.165, 1.54) is 0 Å². The van der Waals surface area contributed by atoms with E-state index in [4.69, 9.17) is 14.2 Å². The SMILES string of the molecule is COc1cc(C2c3cccn3CCN2C(=O)NC(C)(C)C)cc(OC)c1OC. The van der Waals surface area contributed by atoms with Crippen molar-refractivity contribution in [1.82, 2.24) is 14.8 Å². The van der Waals surface area contributed by atoms with Gasteiger partial charge >= 0.3 is 6.03 Å². The molecule has 7 heteroatoms. The predicted molar refractivity (Wildman–Crippen MR) is 107 cm³/mol. The van der Waals surface area contributed by atoms with Crippen molar-refractivity contribution in [2.75, 3.05) is 27.9 Å². The maximum Gasteiger partial charge on any atom is 0.318 e. The average molecular weight is 387 g/mol. The second-order valence-corrected chi connectivity index (χ2v) is 7.86. The topological polar surface area (TPSA) is 65.0 Å². The van der Waals surface area contributed by atoms with E-state index in [9.17, 15) is 4.79 Å². The first kappa shape index (κ1) is 19.9. The second-order valence-electron chi connectivity index (χ2n) is 7.86. The molecule has 0 saturated heterocycles. The first-order valence-corrected chi connectivity index (χ1v) is 9.32. The molecule has 0 fully saturated rings. The van der Waals surface area contributed by atoms with E-state index in [2.05, 4.69) is 9.88 Å². The number of urea groups is 1. The van der Waals surface area contributed by atoms with Gasteiger partial charge in [0, 0.05) is 30.5 Å². The number of carbonyl (C=O) groups is 1. The molecule has 28 heavy (non-hydrogen) atoms. The van der Waals surface area contributed by atoms with Crippen molar-refractivity contribution in [2.45, 2.75) is 38.9 Å². The van der Waals surface area contributed by atoms with Gasteiger partial charge in [-0.1, -0.05) is 0 Å². The van der Waals surface area contributed by atoms with E-state index in [1.54, 1.807) is 21.3 Å². The molecule has 1 aromatic heterocycles. The van der Waals surface area contributed by atoms with Crippen LogP contribution in [-0.4, -0.2) is 48.9 Å². The van der Waals surface area contributed by atoms with Gasteiger partial charge in [-0.05, 0) is 50.6 Å². The molecule has 0 radical (unpaired) electrons. The number of benzene rings is 1. The van der Waals surface area contributed by atoms with Gasteiger partial charge in [0.05, 0.1) is 27.4 Å². The lowest BCUT2D eigenvalue weighted by Gasteiger charge is -2.39. The number of nitrogens with zero attached hydrogens (tertiary/aromatic N) is 2. The number of rotatable bonds is 4. The molecule has 0 bridgehead atoms. The molecular weight excluding hydrogens is 358 g/mol. The first-order chi connectivity index (χ1) is 13.3. The van der Waals surface area contributed by atoms with Crippen molar-refractivity contribution in [2.24, 2.45) is 0 Å². The van der Waals surface area contributed by atoms with E-state index in [1.807, 2.05) is 56.1 Å². The number of hydrogen-bond acceptors (Lipinski definition) is 4. The summed E-state index contributed by atoms with van der Waals surface area (Å²) in [6.07, 6.45) is 2.04. The monoisotopic (exact) mass is 387 g/mol. The van der Waals surface area contributed by atoms with Gasteiger partial charge in [-0.25, -0.2) is 4.79 Å². The Morgan fingerprint density at radius 1 is 1.07 bits per heavy atom. The number of ether oxygens (including phenoxy) is 3. The van der Waals surface area contributed by atoms with E-state index in [0.29, 0.717) is 23.8 Å². The maximum atomic E-state index is 13.1. The number of aromatic nitrogens is 1. The molecule has 0 aliphatic carbocycles. The summed E-state index contributed by atoms with van der Waals surface area (Å²) in [5, 5.41) is 3.08. The third-order valence-corrected chi connectivity index (χ3v) is 4.78. The molecule has 2 heterocycles. The zero-order valence-electron chi connectivity index (χ0n) is 17.4. The number of amides is 2. The van der Waals surface area contributed by atoms with Gasteiger partial charge in [0.25, 0.3) is 0 Å². The fraction of sp³-hybridized carbons (Fsp3) is 0.476. The number of hydrogen-bond donors (Lipinski definition) is 1. The Balaban J connectivity index is 2.11. The van der Waals surface area contributed by atoms with Crippen LogP contribution in [-0.2, 0) is 6.54 Å². The highest BCUT2D eigenvalue weighted by Gasteiger charge is 2.34. The van der Waals surface area contributed by atoms with Crippen LogP contribution < -0.4 is 19.5 Å². The van der Waals surface area contributed by atoms with Gasteiger partial charge in [-0.15, -0.1) is 0 Å². The molecule has 7 nitrogen and oxygen atoms in total. The zero-order valence-corrected chi connectivity index (χ0v) is 17.4. The molecular formula is C21H29N3O4. The summed E-state index contributed by atoms with van der Waals surface area (Å²) in [5.41, 5.74) is 1.62. The molecule has 152 valence electrons. The Morgan fingerprint density at radius 2 is 1.71 bits per heavy atom. The lowest BCUT2D eigenvalue weighted by molar-refractivity contribution is 0.160. The van der Waals surface area contributed by atoms with Crippen LogP contribution in [0.2, 0.25) is 0 Å². The quantitative estimate of drug-likeness (QED) is 0.873. The van der Waals surface area contributed by atoms with Crippen molar-refractivity contribution in [3.63, 3.8) is 0 Å². The van der Waals surface area contributed by atoms with Crippen LogP contribution in [0.25, 0.3) is 0 Å². The molecule has 3 rings (SSSR count). The smallest absolute Gasteiger partial charge is 0.318 e. The zero-order chi connectivity index (χ0) is 20.5. The molecule has 1 aliphatic heterocycles. The molecule has 0 spiro atoms. The van der Waals surface area contributed by atoms with Gasteiger partial charge in [0.2, 0.25) is 5.75 Å². The van der Waals surface area contributed by atoms with Crippen LogP contribution in [0, 0.1) is 0 Å². The van der Waals surface area contributed by atoms with Crippen LogP contribution in [0.3, 0.4) is 0 Å². The fourth-order valence-corrected chi connectivity index (χ4v) is 3.60. The number of nitrogens with one attached hydrogen (secondary N) is 1. The van der Waals surface area contributed by atoms with Crippen molar-refractivity contribution in [1.29, 1.82) is 0 Å². The van der Waals surface area contributed by atoms with Crippen molar-refractivity contribution >= 4 is 6.03 Å². The van der Waals surface area contributed by atoms with Gasteiger partial charge in [0.15, 0.2) is 11.5 Å². The summed E-state index contributed by atoms with van der Waals surface area (Å²) < 4.78 is 18.7.